The van der Waals surface area contributed by atoms with Gasteiger partial charge >= 0.3 is 6.18 Å². The van der Waals surface area contributed by atoms with Crippen LogP contribution < -0.4 is 15.8 Å². The van der Waals surface area contributed by atoms with Gasteiger partial charge in [0.25, 0.3) is 11.5 Å². The fourth-order valence-electron chi connectivity index (χ4n) is 6.45. The van der Waals surface area contributed by atoms with Crippen LogP contribution in [-0.2, 0) is 28.7 Å². The van der Waals surface area contributed by atoms with E-state index in [-0.39, 0.29) is 28.9 Å². The lowest BCUT2D eigenvalue weighted by atomic mass is 10.1. The fourth-order valence-corrected chi connectivity index (χ4v) is 6.68. The maximum Gasteiger partial charge on any atom is 0.416 e. The molecule has 0 aliphatic carbocycles. The van der Waals surface area contributed by atoms with Crippen LogP contribution in [0.5, 0.6) is 0 Å². The van der Waals surface area contributed by atoms with Crippen LogP contribution in [0.3, 0.4) is 0 Å². The lowest BCUT2D eigenvalue weighted by molar-refractivity contribution is -0.137. The number of carbonyl (C=O) groups is 2. The first-order valence-corrected chi connectivity index (χ1v) is 16.7. The Morgan fingerprint density at radius 3 is 2.55 bits per heavy atom. The van der Waals surface area contributed by atoms with E-state index in [0.29, 0.717) is 75.0 Å². The molecule has 0 atom stereocenters. The molecule has 2 aliphatic heterocycles. The van der Waals surface area contributed by atoms with Gasteiger partial charge < -0.3 is 24.4 Å². The van der Waals surface area contributed by atoms with Gasteiger partial charge in [0.05, 0.1) is 35.2 Å². The molecule has 5 heterocycles. The van der Waals surface area contributed by atoms with Gasteiger partial charge in [0.2, 0.25) is 11.7 Å². The van der Waals surface area contributed by atoms with E-state index < -0.39 is 23.2 Å². The van der Waals surface area contributed by atoms with Gasteiger partial charge in [-0.3, -0.25) is 19.4 Å². The lowest BCUT2D eigenvalue weighted by Crippen LogP contribution is -2.51. The Labute approximate surface area is 294 Å². The highest BCUT2D eigenvalue weighted by atomic mass is 35.5. The van der Waals surface area contributed by atoms with E-state index >= 15 is 0 Å². The summed E-state index contributed by atoms with van der Waals surface area (Å²) in [5.74, 6) is -0.256. The summed E-state index contributed by atoms with van der Waals surface area (Å²) >= 11 is 6.13. The van der Waals surface area contributed by atoms with Crippen molar-refractivity contribution in [2.45, 2.75) is 32.5 Å². The van der Waals surface area contributed by atoms with Crippen LogP contribution >= 0.6 is 11.6 Å². The third-order valence-corrected chi connectivity index (χ3v) is 9.37. The maximum atomic E-state index is 14.2. The number of piperazine rings is 1. The van der Waals surface area contributed by atoms with Crippen LogP contribution in [0.15, 0.2) is 65.7 Å². The summed E-state index contributed by atoms with van der Waals surface area (Å²) < 4.78 is 47.8. The van der Waals surface area contributed by atoms with Crippen molar-refractivity contribution in [1.82, 2.24) is 29.0 Å². The molecule has 0 spiro atoms. The number of hydrogen-bond donors (Lipinski definition) is 1. The standard InChI is InChI=1S/C35H32ClF3N8O4/c1-2-28-30(44-11-13-45(14-12-44)32(49)23-3-4-24-19-40-10-7-22(24)17-23)33(50)47-34(42-31(43-47)21-8-15-51-16-9-21)46(28)20-29(48)41-27-6-5-25(18-26(27)36)35(37,38)39/h3-8,10,17-19H,2,9,11-16,20H2,1H3,(H,41,48). The second-order valence-electron chi connectivity index (χ2n) is 12.2. The first-order chi connectivity index (χ1) is 24.5. The lowest BCUT2D eigenvalue weighted by Gasteiger charge is -2.37. The van der Waals surface area contributed by atoms with Crippen molar-refractivity contribution in [2.75, 3.05) is 49.6 Å². The molecular weight excluding hydrogens is 689 g/mol. The molecule has 3 aromatic heterocycles. The Morgan fingerprint density at radius 1 is 1.04 bits per heavy atom. The summed E-state index contributed by atoms with van der Waals surface area (Å²) in [6.45, 7) is 3.72. The van der Waals surface area contributed by atoms with Gasteiger partial charge in [-0.25, -0.2) is 0 Å². The fraction of sp³-hybridized carbons (Fsp3) is 0.314. The molecule has 1 N–H and O–H groups in total. The number of amides is 2. The number of anilines is 2. The van der Waals surface area contributed by atoms with E-state index in [1.807, 2.05) is 36.1 Å². The zero-order valence-electron chi connectivity index (χ0n) is 27.4. The number of rotatable bonds is 7. The van der Waals surface area contributed by atoms with E-state index in [0.717, 1.165) is 34.5 Å². The summed E-state index contributed by atoms with van der Waals surface area (Å²) in [7, 11) is 0. The normalized spacial score (nSPS) is 15.4. The minimum absolute atomic E-state index is 0.00314. The highest BCUT2D eigenvalue weighted by Crippen LogP contribution is 2.34. The molecule has 0 bridgehead atoms. The number of hydrogen-bond acceptors (Lipinski definition) is 8. The molecule has 0 radical (unpaired) electrons. The molecule has 264 valence electrons. The molecule has 12 nitrogen and oxygen atoms in total. The molecule has 1 saturated heterocycles. The highest BCUT2D eigenvalue weighted by molar-refractivity contribution is 6.33. The number of alkyl halides is 3. The van der Waals surface area contributed by atoms with E-state index in [1.54, 1.807) is 27.9 Å². The van der Waals surface area contributed by atoms with E-state index in [2.05, 4.69) is 20.4 Å². The molecule has 2 amide bonds. The number of nitrogens with one attached hydrogen (secondary N) is 1. The third-order valence-electron chi connectivity index (χ3n) is 9.05. The third kappa shape index (κ3) is 6.78. The van der Waals surface area contributed by atoms with Gasteiger partial charge in [0, 0.05) is 49.5 Å². The zero-order valence-corrected chi connectivity index (χ0v) is 28.2. The summed E-state index contributed by atoms with van der Waals surface area (Å²) in [5, 5.41) is 8.73. The molecule has 2 aliphatic rings. The number of pyridine rings is 1. The van der Waals surface area contributed by atoms with Crippen molar-refractivity contribution in [2.24, 2.45) is 0 Å². The van der Waals surface area contributed by atoms with Crippen LogP contribution in [-0.4, -0.2) is 80.3 Å². The summed E-state index contributed by atoms with van der Waals surface area (Å²) in [5.41, 5.74) is 0.838. The average molecular weight is 721 g/mol. The quantitative estimate of drug-likeness (QED) is 0.247. The van der Waals surface area contributed by atoms with Crippen molar-refractivity contribution in [3.05, 3.63) is 99.0 Å². The Hall–Kier alpha value is -5.28. The van der Waals surface area contributed by atoms with E-state index in [4.69, 9.17) is 16.3 Å². The molecule has 5 aromatic rings. The molecule has 0 unspecified atom stereocenters. The number of carbonyl (C=O) groups excluding carboxylic acids is 2. The van der Waals surface area contributed by atoms with Crippen molar-refractivity contribution in [3.8, 4) is 0 Å². The van der Waals surface area contributed by atoms with Crippen molar-refractivity contribution in [1.29, 1.82) is 0 Å². The minimum atomic E-state index is -4.60. The van der Waals surface area contributed by atoms with E-state index in [9.17, 15) is 27.6 Å². The van der Waals surface area contributed by atoms with Crippen LogP contribution in [0.25, 0.3) is 22.1 Å². The second-order valence-corrected chi connectivity index (χ2v) is 12.6. The Kier molecular flexibility index (Phi) is 9.25. The smallest absolute Gasteiger partial charge is 0.377 e. The topological polar surface area (TPSA) is 127 Å². The SMILES string of the molecule is CCc1c(N2CCN(C(=O)c3ccc4cnccc4c3)CC2)c(=O)n2nc(C3=CCOCC3)nc2n1CC(=O)Nc1ccc(C(F)(F)F)cc1Cl. The number of nitrogens with zero attached hydrogens (tertiary/aromatic N) is 7. The molecule has 7 rings (SSSR count). The van der Waals surface area contributed by atoms with Gasteiger partial charge in [-0.1, -0.05) is 30.7 Å². The van der Waals surface area contributed by atoms with Gasteiger partial charge in [0.15, 0.2) is 5.82 Å². The molecule has 16 heteroatoms. The first-order valence-electron chi connectivity index (χ1n) is 16.4. The predicted molar refractivity (Wildman–Crippen MR) is 185 cm³/mol. The molecule has 1 fully saturated rings. The van der Waals surface area contributed by atoms with Crippen LogP contribution in [0.2, 0.25) is 5.02 Å². The Balaban J connectivity index is 1.20. The monoisotopic (exact) mass is 720 g/mol. The molecule has 51 heavy (non-hydrogen) atoms. The summed E-state index contributed by atoms with van der Waals surface area (Å²) in [6.07, 6.45) is 1.53. The second kappa shape index (κ2) is 13.8. The predicted octanol–water partition coefficient (Wildman–Crippen LogP) is 5.08. The Morgan fingerprint density at radius 2 is 1.84 bits per heavy atom. The average Bonchev–Trinajstić information content (AvgIpc) is 3.59. The van der Waals surface area contributed by atoms with Gasteiger partial charge in [-0.05, 0) is 60.2 Å². The number of aromatic nitrogens is 5. The zero-order chi connectivity index (χ0) is 35.9. The van der Waals surface area contributed by atoms with Gasteiger partial charge in [-0.2, -0.15) is 22.7 Å². The maximum absolute atomic E-state index is 14.2. The van der Waals surface area contributed by atoms with Gasteiger partial charge in [0.1, 0.15) is 12.2 Å². The number of ether oxygens (including phenoxy) is 1. The largest absolute Gasteiger partial charge is 0.416 e. The van der Waals surface area contributed by atoms with Gasteiger partial charge in [-0.15, -0.1) is 5.10 Å². The highest BCUT2D eigenvalue weighted by Gasteiger charge is 2.32. The Bertz CT molecular complexity index is 2260. The molecule has 2 aromatic carbocycles. The van der Waals surface area contributed by atoms with Crippen LogP contribution in [0.1, 0.15) is 40.8 Å². The van der Waals surface area contributed by atoms with Crippen molar-refractivity contribution >= 4 is 56.9 Å². The van der Waals surface area contributed by atoms with Crippen molar-refractivity contribution in [3.63, 3.8) is 0 Å². The number of halogens is 4. The summed E-state index contributed by atoms with van der Waals surface area (Å²) in [6, 6.07) is 10.0. The first kappa shape index (κ1) is 34.2. The van der Waals surface area contributed by atoms with Crippen LogP contribution in [0, 0.1) is 0 Å². The minimum Gasteiger partial charge on any atom is -0.377 e. The van der Waals surface area contributed by atoms with E-state index in [1.165, 1.54) is 4.52 Å². The van der Waals surface area contributed by atoms with Crippen molar-refractivity contribution < 1.29 is 27.5 Å². The number of benzene rings is 2. The molecular formula is C35H32ClF3N8O4. The molecule has 0 saturated carbocycles. The van der Waals surface area contributed by atoms with Crippen LogP contribution in [0.4, 0.5) is 24.5 Å². The number of fused-ring (bicyclic) bond motifs is 2. The summed E-state index contributed by atoms with van der Waals surface area (Å²) in [4.78, 5) is 53.7.